The van der Waals surface area contributed by atoms with Crippen LogP contribution in [0.4, 0.5) is 0 Å². The molecule has 1 N–H and O–H groups in total. The van der Waals surface area contributed by atoms with Gasteiger partial charge < -0.3 is 14.6 Å². The second-order valence-electron chi connectivity index (χ2n) is 4.72. The number of ether oxygens (including phenoxy) is 2. The van der Waals surface area contributed by atoms with E-state index in [1.165, 1.54) is 0 Å². The lowest BCUT2D eigenvalue weighted by molar-refractivity contribution is 0.207. The minimum atomic E-state index is -0.806. The SMILES string of the molecule is CCOc1ccccc1C(O)c1cc(Br)c(C)cc1OC. The topological polar surface area (TPSA) is 38.7 Å². The predicted octanol–water partition coefficient (Wildman–Crippen LogP) is 4.25. The number of halogens is 1. The zero-order valence-electron chi connectivity index (χ0n) is 12.4. The molecule has 1 atom stereocenters. The van der Waals surface area contributed by atoms with E-state index >= 15 is 0 Å². The van der Waals surface area contributed by atoms with Crippen molar-refractivity contribution < 1.29 is 14.6 Å². The molecule has 0 amide bonds. The van der Waals surface area contributed by atoms with Crippen molar-refractivity contribution in [2.75, 3.05) is 13.7 Å². The number of hydrogen-bond acceptors (Lipinski definition) is 3. The van der Waals surface area contributed by atoms with E-state index in [1.54, 1.807) is 7.11 Å². The lowest BCUT2D eigenvalue weighted by atomic mass is 9.98. The van der Waals surface area contributed by atoms with Gasteiger partial charge in [-0.1, -0.05) is 34.1 Å². The van der Waals surface area contributed by atoms with E-state index in [0.29, 0.717) is 23.7 Å². The number of methoxy groups -OCH3 is 1. The molecule has 0 fully saturated rings. The summed E-state index contributed by atoms with van der Waals surface area (Å²) in [6.45, 7) is 4.46. The van der Waals surface area contributed by atoms with Gasteiger partial charge in [0.15, 0.2) is 0 Å². The fraction of sp³-hybridized carbons (Fsp3) is 0.294. The monoisotopic (exact) mass is 350 g/mol. The van der Waals surface area contributed by atoms with Crippen LogP contribution in [0.25, 0.3) is 0 Å². The van der Waals surface area contributed by atoms with Crippen LogP contribution < -0.4 is 9.47 Å². The molecule has 0 heterocycles. The van der Waals surface area contributed by atoms with Crippen LogP contribution in [0.5, 0.6) is 11.5 Å². The Morgan fingerprint density at radius 2 is 1.86 bits per heavy atom. The molecule has 0 saturated heterocycles. The summed E-state index contributed by atoms with van der Waals surface area (Å²) in [4.78, 5) is 0. The van der Waals surface area contributed by atoms with Gasteiger partial charge >= 0.3 is 0 Å². The predicted molar refractivity (Wildman–Crippen MR) is 87.1 cm³/mol. The van der Waals surface area contributed by atoms with Gasteiger partial charge in [-0.25, -0.2) is 0 Å². The molecule has 0 radical (unpaired) electrons. The molecule has 4 heteroatoms. The van der Waals surface area contributed by atoms with Gasteiger partial charge in [0.1, 0.15) is 17.6 Å². The minimum Gasteiger partial charge on any atom is -0.496 e. The Morgan fingerprint density at radius 3 is 2.52 bits per heavy atom. The maximum Gasteiger partial charge on any atom is 0.125 e. The molecule has 0 aliphatic heterocycles. The van der Waals surface area contributed by atoms with Crippen molar-refractivity contribution >= 4 is 15.9 Å². The largest absolute Gasteiger partial charge is 0.496 e. The Labute approximate surface area is 133 Å². The number of aryl methyl sites for hydroxylation is 1. The van der Waals surface area contributed by atoms with Crippen LogP contribution in [-0.2, 0) is 0 Å². The molecule has 1 unspecified atom stereocenters. The molecule has 0 spiro atoms. The molecule has 112 valence electrons. The molecule has 0 aliphatic carbocycles. The number of aliphatic hydroxyl groups excluding tert-OH is 1. The highest BCUT2D eigenvalue weighted by atomic mass is 79.9. The standard InChI is InChI=1S/C17H19BrO3/c1-4-21-15-8-6-5-7-12(15)17(19)13-10-14(18)11(2)9-16(13)20-3/h5-10,17,19H,4H2,1-3H3. The molecule has 2 aromatic carbocycles. The van der Waals surface area contributed by atoms with Crippen LogP contribution in [0.3, 0.4) is 0 Å². The average Bonchev–Trinajstić information content (AvgIpc) is 2.49. The minimum absolute atomic E-state index is 0.554. The molecule has 2 aromatic rings. The zero-order valence-corrected chi connectivity index (χ0v) is 14.0. The maximum atomic E-state index is 10.7. The molecule has 0 saturated carbocycles. The van der Waals surface area contributed by atoms with Crippen molar-refractivity contribution in [3.63, 3.8) is 0 Å². The Morgan fingerprint density at radius 1 is 1.14 bits per heavy atom. The zero-order chi connectivity index (χ0) is 15.4. The van der Waals surface area contributed by atoms with E-state index in [2.05, 4.69) is 15.9 Å². The van der Waals surface area contributed by atoms with Gasteiger partial charge in [0.25, 0.3) is 0 Å². The van der Waals surface area contributed by atoms with Crippen LogP contribution in [0, 0.1) is 6.92 Å². The van der Waals surface area contributed by atoms with Gasteiger partial charge in [-0.05, 0) is 37.6 Å². The third-order valence-electron chi connectivity index (χ3n) is 3.32. The van der Waals surface area contributed by atoms with Gasteiger partial charge in [0.2, 0.25) is 0 Å². The summed E-state index contributed by atoms with van der Waals surface area (Å²) in [6, 6.07) is 11.3. The molecule has 0 aliphatic rings. The first-order valence-corrected chi connectivity index (χ1v) is 7.61. The third-order valence-corrected chi connectivity index (χ3v) is 4.17. The molecule has 0 aromatic heterocycles. The number of rotatable bonds is 5. The molecule has 0 bridgehead atoms. The van der Waals surface area contributed by atoms with Crippen molar-refractivity contribution in [3.8, 4) is 11.5 Å². The molecular weight excluding hydrogens is 332 g/mol. The summed E-state index contributed by atoms with van der Waals surface area (Å²) in [6.07, 6.45) is -0.806. The smallest absolute Gasteiger partial charge is 0.125 e. The number of aliphatic hydroxyl groups is 1. The summed E-state index contributed by atoms with van der Waals surface area (Å²) in [5.74, 6) is 1.35. The van der Waals surface area contributed by atoms with Crippen molar-refractivity contribution in [2.24, 2.45) is 0 Å². The molecule has 2 rings (SSSR count). The highest BCUT2D eigenvalue weighted by Gasteiger charge is 2.20. The summed E-state index contributed by atoms with van der Waals surface area (Å²) in [7, 11) is 1.60. The fourth-order valence-electron chi connectivity index (χ4n) is 2.22. The van der Waals surface area contributed by atoms with Gasteiger partial charge in [-0.15, -0.1) is 0 Å². The summed E-state index contributed by atoms with van der Waals surface area (Å²) >= 11 is 3.50. The first-order chi connectivity index (χ1) is 10.1. The van der Waals surface area contributed by atoms with Gasteiger partial charge in [-0.3, -0.25) is 0 Å². The molecule has 3 nitrogen and oxygen atoms in total. The van der Waals surface area contributed by atoms with Gasteiger partial charge in [0, 0.05) is 15.6 Å². The maximum absolute atomic E-state index is 10.7. The van der Waals surface area contributed by atoms with Crippen LogP contribution in [0.15, 0.2) is 40.9 Å². The average molecular weight is 351 g/mol. The Balaban J connectivity index is 2.49. The van der Waals surface area contributed by atoms with E-state index < -0.39 is 6.10 Å². The molecule has 21 heavy (non-hydrogen) atoms. The quantitative estimate of drug-likeness (QED) is 0.875. The first kappa shape index (κ1) is 15.9. The third kappa shape index (κ3) is 3.39. The Kier molecular flexibility index (Phi) is 5.26. The van der Waals surface area contributed by atoms with Crippen LogP contribution >= 0.6 is 15.9 Å². The van der Waals surface area contributed by atoms with E-state index in [9.17, 15) is 5.11 Å². The van der Waals surface area contributed by atoms with Gasteiger partial charge in [-0.2, -0.15) is 0 Å². The summed E-state index contributed by atoms with van der Waals surface area (Å²) in [5, 5.41) is 10.7. The number of benzene rings is 2. The van der Waals surface area contributed by atoms with Gasteiger partial charge in [0.05, 0.1) is 13.7 Å². The summed E-state index contributed by atoms with van der Waals surface area (Å²) in [5.41, 5.74) is 2.50. The van der Waals surface area contributed by atoms with Crippen molar-refractivity contribution in [2.45, 2.75) is 20.0 Å². The van der Waals surface area contributed by atoms with E-state index in [0.717, 1.165) is 15.6 Å². The number of para-hydroxylation sites is 1. The Hall–Kier alpha value is -1.52. The highest BCUT2D eigenvalue weighted by molar-refractivity contribution is 9.10. The lowest BCUT2D eigenvalue weighted by Crippen LogP contribution is -2.06. The highest BCUT2D eigenvalue weighted by Crippen LogP contribution is 2.37. The van der Waals surface area contributed by atoms with Crippen LogP contribution in [-0.4, -0.2) is 18.8 Å². The van der Waals surface area contributed by atoms with Crippen molar-refractivity contribution in [3.05, 3.63) is 57.6 Å². The normalized spacial score (nSPS) is 12.0. The van der Waals surface area contributed by atoms with Crippen molar-refractivity contribution in [1.29, 1.82) is 0 Å². The summed E-state index contributed by atoms with van der Waals surface area (Å²) < 4.78 is 11.9. The van der Waals surface area contributed by atoms with Crippen molar-refractivity contribution in [1.82, 2.24) is 0 Å². The molecular formula is C17H19BrO3. The van der Waals surface area contributed by atoms with Crippen LogP contribution in [0.1, 0.15) is 29.7 Å². The van der Waals surface area contributed by atoms with Crippen LogP contribution in [0.2, 0.25) is 0 Å². The van der Waals surface area contributed by atoms with E-state index in [-0.39, 0.29) is 0 Å². The second-order valence-corrected chi connectivity index (χ2v) is 5.57. The van der Waals surface area contributed by atoms with E-state index in [1.807, 2.05) is 50.2 Å². The first-order valence-electron chi connectivity index (χ1n) is 6.82. The van der Waals surface area contributed by atoms with E-state index in [4.69, 9.17) is 9.47 Å². The number of hydrogen-bond donors (Lipinski definition) is 1. The second kappa shape index (κ2) is 6.96. The lowest BCUT2D eigenvalue weighted by Gasteiger charge is -2.19. The fourth-order valence-corrected chi connectivity index (χ4v) is 2.58. The Bertz CT molecular complexity index is 625.